The number of amides is 1. The lowest BCUT2D eigenvalue weighted by Gasteiger charge is -2.04. The van der Waals surface area contributed by atoms with Crippen molar-refractivity contribution in [1.82, 2.24) is 0 Å². The van der Waals surface area contributed by atoms with Crippen LogP contribution in [0.1, 0.15) is 12.5 Å². The fourth-order valence-corrected chi connectivity index (χ4v) is 2.17. The average molecular weight is 311 g/mol. The second kappa shape index (κ2) is 6.87. The Labute approximate surface area is 134 Å². The van der Waals surface area contributed by atoms with Crippen molar-refractivity contribution in [3.63, 3.8) is 0 Å². The summed E-state index contributed by atoms with van der Waals surface area (Å²) in [6, 6.07) is 12.8. The van der Waals surface area contributed by atoms with E-state index in [9.17, 15) is 4.79 Å². The van der Waals surface area contributed by atoms with E-state index >= 15 is 0 Å². The summed E-state index contributed by atoms with van der Waals surface area (Å²) in [7, 11) is 0. The SMILES string of the molecule is CCOc1ccc(/C=C/C(=O)Nc2ccc3c(c2)OCO3)cc1. The number of nitrogens with one attached hydrogen (secondary N) is 1. The third-order valence-corrected chi connectivity index (χ3v) is 3.26. The summed E-state index contributed by atoms with van der Waals surface area (Å²) < 4.78 is 15.9. The Morgan fingerprint density at radius 1 is 1.17 bits per heavy atom. The van der Waals surface area contributed by atoms with E-state index in [1.807, 2.05) is 31.2 Å². The minimum atomic E-state index is -0.210. The molecule has 0 unspecified atom stereocenters. The minimum Gasteiger partial charge on any atom is -0.494 e. The molecule has 1 N–H and O–H groups in total. The quantitative estimate of drug-likeness (QED) is 0.859. The molecule has 0 saturated heterocycles. The maximum Gasteiger partial charge on any atom is 0.248 e. The van der Waals surface area contributed by atoms with Gasteiger partial charge in [0, 0.05) is 17.8 Å². The second-order valence-electron chi connectivity index (χ2n) is 4.89. The van der Waals surface area contributed by atoms with Crippen LogP contribution < -0.4 is 19.5 Å². The fourth-order valence-electron chi connectivity index (χ4n) is 2.17. The van der Waals surface area contributed by atoms with Crippen molar-refractivity contribution in [3.05, 3.63) is 54.1 Å². The van der Waals surface area contributed by atoms with Gasteiger partial charge in [-0.2, -0.15) is 0 Å². The van der Waals surface area contributed by atoms with E-state index < -0.39 is 0 Å². The lowest BCUT2D eigenvalue weighted by molar-refractivity contribution is -0.111. The molecule has 1 aliphatic rings. The number of fused-ring (bicyclic) bond motifs is 1. The molecule has 1 amide bonds. The molecule has 5 heteroatoms. The van der Waals surface area contributed by atoms with Gasteiger partial charge in [0.15, 0.2) is 11.5 Å². The number of carbonyl (C=O) groups excluding carboxylic acids is 1. The second-order valence-corrected chi connectivity index (χ2v) is 4.89. The Morgan fingerprint density at radius 3 is 2.74 bits per heavy atom. The number of benzene rings is 2. The molecule has 0 bridgehead atoms. The summed E-state index contributed by atoms with van der Waals surface area (Å²) in [6.07, 6.45) is 3.23. The monoisotopic (exact) mass is 311 g/mol. The largest absolute Gasteiger partial charge is 0.494 e. The zero-order valence-electron chi connectivity index (χ0n) is 12.7. The Balaban J connectivity index is 1.60. The first kappa shape index (κ1) is 15.0. The third-order valence-electron chi connectivity index (χ3n) is 3.26. The van der Waals surface area contributed by atoms with E-state index in [2.05, 4.69) is 5.32 Å². The molecule has 0 saturated carbocycles. The molecule has 118 valence electrons. The van der Waals surface area contributed by atoms with Crippen LogP contribution in [0, 0.1) is 0 Å². The predicted molar refractivity (Wildman–Crippen MR) is 87.8 cm³/mol. The molecule has 0 spiro atoms. The Kier molecular flexibility index (Phi) is 4.47. The molecule has 2 aromatic carbocycles. The van der Waals surface area contributed by atoms with Gasteiger partial charge in [0.1, 0.15) is 5.75 Å². The Hall–Kier alpha value is -2.95. The van der Waals surface area contributed by atoms with Crippen LogP contribution in [-0.4, -0.2) is 19.3 Å². The normalized spacial score (nSPS) is 12.4. The first-order valence-corrected chi connectivity index (χ1v) is 7.36. The van der Waals surface area contributed by atoms with E-state index in [0.717, 1.165) is 11.3 Å². The smallest absolute Gasteiger partial charge is 0.248 e. The number of hydrogen-bond acceptors (Lipinski definition) is 4. The summed E-state index contributed by atoms with van der Waals surface area (Å²) in [6.45, 7) is 2.78. The summed E-state index contributed by atoms with van der Waals surface area (Å²) in [5.41, 5.74) is 1.59. The van der Waals surface area contributed by atoms with Gasteiger partial charge in [0.05, 0.1) is 6.61 Å². The summed E-state index contributed by atoms with van der Waals surface area (Å²) in [5, 5.41) is 2.79. The summed E-state index contributed by atoms with van der Waals surface area (Å²) >= 11 is 0. The highest BCUT2D eigenvalue weighted by molar-refractivity contribution is 6.02. The van der Waals surface area contributed by atoms with Gasteiger partial charge in [-0.15, -0.1) is 0 Å². The Bertz CT molecular complexity index is 722. The highest BCUT2D eigenvalue weighted by atomic mass is 16.7. The van der Waals surface area contributed by atoms with Gasteiger partial charge in [0.25, 0.3) is 0 Å². The topological polar surface area (TPSA) is 56.8 Å². The predicted octanol–water partition coefficient (Wildman–Crippen LogP) is 3.47. The van der Waals surface area contributed by atoms with Crippen LogP contribution in [0.5, 0.6) is 17.2 Å². The van der Waals surface area contributed by atoms with E-state index in [-0.39, 0.29) is 12.7 Å². The van der Waals surface area contributed by atoms with Crippen LogP contribution >= 0.6 is 0 Å². The standard InChI is InChI=1S/C18H17NO4/c1-2-21-15-7-3-13(4-8-15)5-10-18(20)19-14-6-9-16-17(11-14)23-12-22-16/h3-11H,2,12H2,1H3,(H,19,20)/b10-5+. The lowest BCUT2D eigenvalue weighted by Crippen LogP contribution is -2.07. The molecule has 0 aliphatic carbocycles. The summed E-state index contributed by atoms with van der Waals surface area (Å²) in [5.74, 6) is 1.93. The maximum atomic E-state index is 12.0. The molecule has 23 heavy (non-hydrogen) atoms. The number of ether oxygens (including phenoxy) is 3. The van der Waals surface area contributed by atoms with Crippen LogP contribution in [0.15, 0.2) is 48.5 Å². The van der Waals surface area contributed by atoms with Crippen molar-refractivity contribution in [2.24, 2.45) is 0 Å². The molecule has 2 aromatic rings. The highest BCUT2D eigenvalue weighted by Crippen LogP contribution is 2.34. The fraction of sp³-hybridized carbons (Fsp3) is 0.167. The maximum absolute atomic E-state index is 12.0. The van der Waals surface area contributed by atoms with Crippen molar-refractivity contribution >= 4 is 17.7 Å². The van der Waals surface area contributed by atoms with Gasteiger partial charge in [-0.25, -0.2) is 0 Å². The van der Waals surface area contributed by atoms with E-state index in [0.29, 0.717) is 23.8 Å². The van der Waals surface area contributed by atoms with E-state index in [1.165, 1.54) is 6.08 Å². The number of carbonyl (C=O) groups is 1. The van der Waals surface area contributed by atoms with Crippen LogP contribution in [0.2, 0.25) is 0 Å². The number of anilines is 1. The molecule has 1 aliphatic heterocycles. The average Bonchev–Trinajstić information content (AvgIpc) is 3.02. The number of rotatable bonds is 5. The van der Waals surface area contributed by atoms with Gasteiger partial charge in [-0.05, 0) is 42.8 Å². The molecular formula is C18H17NO4. The molecule has 3 rings (SSSR count). The molecule has 1 heterocycles. The molecule has 0 radical (unpaired) electrons. The van der Waals surface area contributed by atoms with Crippen LogP contribution in [0.3, 0.4) is 0 Å². The summed E-state index contributed by atoms with van der Waals surface area (Å²) in [4.78, 5) is 12.0. The molecule has 0 aromatic heterocycles. The van der Waals surface area contributed by atoms with Crippen molar-refractivity contribution in [2.45, 2.75) is 6.92 Å². The first-order chi connectivity index (χ1) is 11.2. The first-order valence-electron chi connectivity index (χ1n) is 7.36. The minimum absolute atomic E-state index is 0.210. The van der Waals surface area contributed by atoms with E-state index in [1.54, 1.807) is 24.3 Å². The van der Waals surface area contributed by atoms with Crippen LogP contribution in [0.4, 0.5) is 5.69 Å². The molecule has 0 atom stereocenters. The number of hydrogen-bond donors (Lipinski definition) is 1. The molecular weight excluding hydrogens is 294 g/mol. The van der Waals surface area contributed by atoms with Crippen molar-refractivity contribution in [1.29, 1.82) is 0 Å². The van der Waals surface area contributed by atoms with E-state index in [4.69, 9.17) is 14.2 Å². The molecule has 5 nitrogen and oxygen atoms in total. The van der Waals surface area contributed by atoms with Crippen LogP contribution in [-0.2, 0) is 4.79 Å². The van der Waals surface area contributed by atoms with Crippen molar-refractivity contribution in [3.8, 4) is 17.2 Å². The third kappa shape index (κ3) is 3.83. The van der Waals surface area contributed by atoms with Crippen molar-refractivity contribution in [2.75, 3.05) is 18.7 Å². The van der Waals surface area contributed by atoms with Crippen molar-refractivity contribution < 1.29 is 19.0 Å². The highest BCUT2D eigenvalue weighted by Gasteiger charge is 2.13. The van der Waals surface area contributed by atoms with Crippen LogP contribution in [0.25, 0.3) is 6.08 Å². The van der Waals surface area contributed by atoms with Gasteiger partial charge in [-0.1, -0.05) is 12.1 Å². The van der Waals surface area contributed by atoms with Gasteiger partial charge >= 0.3 is 0 Å². The molecule has 0 fully saturated rings. The Morgan fingerprint density at radius 2 is 1.96 bits per heavy atom. The zero-order chi connectivity index (χ0) is 16.1. The van der Waals surface area contributed by atoms with Gasteiger partial charge in [-0.3, -0.25) is 4.79 Å². The van der Waals surface area contributed by atoms with Gasteiger partial charge < -0.3 is 19.5 Å². The van der Waals surface area contributed by atoms with Gasteiger partial charge in [0.2, 0.25) is 12.7 Å². The lowest BCUT2D eigenvalue weighted by atomic mass is 10.2. The zero-order valence-corrected chi connectivity index (χ0v) is 12.7.